The van der Waals surface area contributed by atoms with Crippen molar-refractivity contribution in [3.63, 3.8) is 0 Å². The standard InChI is InChI=1S/C17H23F3N2O/c18-17(19,20)16-6-2-1-4-13(16)10-22-12-14-5-3-8-21(14)11-15(22)7-9-23/h1-2,4,6,14-15,23H,3,5,7-12H2/t14-,15+/m1/s1. The van der Waals surface area contributed by atoms with E-state index in [9.17, 15) is 18.3 Å². The smallest absolute Gasteiger partial charge is 0.396 e. The summed E-state index contributed by atoms with van der Waals surface area (Å²) in [5.41, 5.74) is -0.217. The van der Waals surface area contributed by atoms with Crippen LogP contribution in [-0.2, 0) is 12.7 Å². The van der Waals surface area contributed by atoms with E-state index in [1.54, 1.807) is 12.1 Å². The number of nitrogens with zero attached hydrogens (tertiary/aromatic N) is 2. The molecule has 2 aliphatic rings. The van der Waals surface area contributed by atoms with Crippen LogP contribution < -0.4 is 0 Å². The maximum Gasteiger partial charge on any atom is 0.416 e. The van der Waals surface area contributed by atoms with E-state index < -0.39 is 11.7 Å². The summed E-state index contributed by atoms with van der Waals surface area (Å²) in [7, 11) is 0. The number of alkyl halides is 3. The molecule has 0 amide bonds. The van der Waals surface area contributed by atoms with Crippen LogP contribution >= 0.6 is 0 Å². The Morgan fingerprint density at radius 1 is 1.17 bits per heavy atom. The number of aliphatic hydroxyl groups is 1. The van der Waals surface area contributed by atoms with Crippen LogP contribution in [0.5, 0.6) is 0 Å². The highest BCUT2D eigenvalue weighted by Crippen LogP contribution is 2.34. The van der Waals surface area contributed by atoms with Crippen LogP contribution in [0.1, 0.15) is 30.4 Å². The summed E-state index contributed by atoms with van der Waals surface area (Å²) in [5, 5.41) is 9.30. The van der Waals surface area contributed by atoms with E-state index in [0.717, 1.165) is 38.5 Å². The fourth-order valence-electron chi connectivity index (χ4n) is 3.92. The fourth-order valence-corrected chi connectivity index (χ4v) is 3.92. The number of fused-ring (bicyclic) bond motifs is 1. The van der Waals surface area contributed by atoms with E-state index in [1.807, 2.05) is 0 Å². The average molecular weight is 328 g/mol. The molecule has 0 aromatic heterocycles. The quantitative estimate of drug-likeness (QED) is 0.921. The van der Waals surface area contributed by atoms with Crippen molar-refractivity contribution >= 4 is 0 Å². The highest BCUT2D eigenvalue weighted by molar-refractivity contribution is 5.29. The van der Waals surface area contributed by atoms with Crippen molar-refractivity contribution < 1.29 is 18.3 Å². The Morgan fingerprint density at radius 2 is 1.96 bits per heavy atom. The summed E-state index contributed by atoms with van der Waals surface area (Å²) in [5.74, 6) is 0. The third kappa shape index (κ3) is 3.70. The van der Waals surface area contributed by atoms with Crippen LogP contribution in [0.15, 0.2) is 24.3 Å². The molecule has 1 aromatic carbocycles. The first-order valence-electron chi connectivity index (χ1n) is 8.23. The lowest BCUT2D eigenvalue weighted by atomic mass is 10.0. The maximum absolute atomic E-state index is 13.2. The predicted molar refractivity (Wildman–Crippen MR) is 81.9 cm³/mol. The molecular weight excluding hydrogens is 305 g/mol. The Morgan fingerprint density at radius 3 is 2.70 bits per heavy atom. The molecule has 128 valence electrons. The lowest BCUT2D eigenvalue weighted by molar-refractivity contribution is -0.138. The number of aliphatic hydroxyl groups excluding tert-OH is 1. The lowest BCUT2D eigenvalue weighted by Crippen LogP contribution is -2.55. The first-order valence-corrected chi connectivity index (χ1v) is 8.23. The van der Waals surface area contributed by atoms with Gasteiger partial charge in [-0.3, -0.25) is 9.80 Å². The Labute approximate surface area is 134 Å². The molecule has 3 rings (SSSR count). The van der Waals surface area contributed by atoms with Crippen LogP contribution in [0.3, 0.4) is 0 Å². The summed E-state index contributed by atoms with van der Waals surface area (Å²) < 4.78 is 39.6. The molecule has 3 nitrogen and oxygen atoms in total. The third-order valence-electron chi connectivity index (χ3n) is 5.06. The van der Waals surface area contributed by atoms with Crippen molar-refractivity contribution in [2.75, 3.05) is 26.2 Å². The molecular formula is C17H23F3N2O. The molecule has 0 aliphatic carbocycles. The molecule has 1 aromatic rings. The lowest BCUT2D eigenvalue weighted by Gasteiger charge is -2.44. The Bertz CT molecular complexity index is 535. The van der Waals surface area contributed by atoms with E-state index >= 15 is 0 Å². The minimum absolute atomic E-state index is 0.0700. The summed E-state index contributed by atoms with van der Waals surface area (Å²) in [4.78, 5) is 4.56. The van der Waals surface area contributed by atoms with Gasteiger partial charge in [0.2, 0.25) is 0 Å². The fraction of sp³-hybridized carbons (Fsp3) is 0.647. The van der Waals surface area contributed by atoms with E-state index in [0.29, 0.717) is 24.6 Å². The molecule has 0 radical (unpaired) electrons. The van der Waals surface area contributed by atoms with Gasteiger partial charge < -0.3 is 5.11 Å². The topological polar surface area (TPSA) is 26.7 Å². The molecule has 0 saturated carbocycles. The van der Waals surface area contributed by atoms with E-state index in [4.69, 9.17) is 0 Å². The van der Waals surface area contributed by atoms with Gasteiger partial charge in [0.15, 0.2) is 0 Å². The van der Waals surface area contributed by atoms with E-state index in [1.165, 1.54) is 6.07 Å². The van der Waals surface area contributed by atoms with Crippen molar-refractivity contribution in [3.8, 4) is 0 Å². The summed E-state index contributed by atoms with van der Waals surface area (Å²) in [6, 6.07) is 6.39. The van der Waals surface area contributed by atoms with Gasteiger partial charge in [0.05, 0.1) is 5.56 Å². The summed E-state index contributed by atoms with van der Waals surface area (Å²) >= 11 is 0. The van der Waals surface area contributed by atoms with Crippen molar-refractivity contribution in [2.24, 2.45) is 0 Å². The predicted octanol–water partition coefficient (Wildman–Crippen LogP) is 2.74. The Hall–Kier alpha value is -1.11. The van der Waals surface area contributed by atoms with Gasteiger partial charge in [-0.2, -0.15) is 13.2 Å². The number of rotatable bonds is 4. The number of hydrogen-bond donors (Lipinski definition) is 1. The molecule has 6 heteroatoms. The molecule has 2 saturated heterocycles. The molecule has 0 spiro atoms. The van der Waals surface area contributed by atoms with Crippen LogP contribution in [0.2, 0.25) is 0 Å². The molecule has 0 unspecified atom stereocenters. The zero-order valence-electron chi connectivity index (χ0n) is 13.1. The number of piperazine rings is 1. The SMILES string of the molecule is OCC[C@H]1CN2CCC[C@@H]2CN1Cc1ccccc1C(F)(F)F. The zero-order chi connectivity index (χ0) is 16.4. The van der Waals surface area contributed by atoms with Gasteiger partial charge in [-0.1, -0.05) is 18.2 Å². The molecule has 2 heterocycles. The van der Waals surface area contributed by atoms with Gasteiger partial charge >= 0.3 is 6.18 Å². The van der Waals surface area contributed by atoms with Crippen LogP contribution in [-0.4, -0.2) is 53.2 Å². The highest BCUT2D eigenvalue weighted by Gasteiger charge is 2.38. The largest absolute Gasteiger partial charge is 0.416 e. The monoisotopic (exact) mass is 328 g/mol. The Balaban J connectivity index is 1.80. The van der Waals surface area contributed by atoms with Crippen molar-refractivity contribution in [1.82, 2.24) is 9.80 Å². The van der Waals surface area contributed by atoms with Gasteiger partial charge in [0, 0.05) is 38.3 Å². The normalized spacial score (nSPS) is 26.4. The van der Waals surface area contributed by atoms with Crippen LogP contribution in [0.4, 0.5) is 13.2 Å². The second kappa shape index (κ2) is 6.79. The first kappa shape index (κ1) is 16.7. The minimum atomic E-state index is -4.32. The van der Waals surface area contributed by atoms with Crippen LogP contribution in [0.25, 0.3) is 0 Å². The second-order valence-electron chi connectivity index (χ2n) is 6.54. The van der Waals surface area contributed by atoms with E-state index in [2.05, 4.69) is 9.80 Å². The molecule has 2 atom stereocenters. The number of benzene rings is 1. The van der Waals surface area contributed by atoms with Gasteiger partial charge in [-0.05, 0) is 37.4 Å². The molecule has 2 aliphatic heterocycles. The first-order chi connectivity index (χ1) is 11.0. The van der Waals surface area contributed by atoms with Gasteiger partial charge in [0.25, 0.3) is 0 Å². The number of hydrogen-bond acceptors (Lipinski definition) is 3. The van der Waals surface area contributed by atoms with Gasteiger partial charge in [0.1, 0.15) is 0 Å². The molecule has 23 heavy (non-hydrogen) atoms. The molecule has 0 bridgehead atoms. The molecule has 1 N–H and O–H groups in total. The minimum Gasteiger partial charge on any atom is -0.396 e. The van der Waals surface area contributed by atoms with Crippen molar-refractivity contribution in [3.05, 3.63) is 35.4 Å². The summed E-state index contributed by atoms with van der Waals surface area (Å²) in [6.45, 7) is 3.07. The third-order valence-corrected chi connectivity index (χ3v) is 5.06. The van der Waals surface area contributed by atoms with Gasteiger partial charge in [-0.15, -0.1) is 0 Å². The highest BCUT2D eigenvalue weighted by atomic mass is 19.4. The van der Waals surface area contributed by atoms with Crippen molar-refractivity contribution in [1.29, 1.82) is 0 Å². The molecule has 2 fully saturated rings. The number of halogens is 3. The summed E-state index contributed by atoms with van der Waals surface area (Å²) in [6.07, 6.45) is -1.44. The van der Waals surface area contributed by atoms with E-state index in [-0.39, 0.29) is 12.6 Å². The maximum atomic E-state index is 13.2. The van der Waals surface area contributed by atoms with Gasteiger partial charge in [-0.25, -0.2) is 0 Å². The second-order valence-corrected chi connectivity index (χ2v) is 6.54. The Kier molecular flexibility index (Phi) is 4.94. The van der Waals surface area contributed by atoms with Crippen LogP contribution in [0, 0.1) is 0 Å². The zero-order valence-corrected chi connectivity index (χ0v) is 13.1. The van der Waals surface area contributed by atoms with Crippen molar-refractivity contribution in [2.45, 2.75) is 44.1 Å². The average Bonchev–Trinajstić information content (AvgIpc) is 2.94.